The van der Waals surface area contributed by atoms with Crippen molar-refractivity contribution in [1.82, 2.24) is 25.5 Å². The molecule has 3 rings (SSSR count). The molecular formula is C13H15N5O3. The summed E-state index contributed by atoms with van der Waals surface area (Å²) in [7, 11) is 0. The molecule has 2 N–H and O–H groups in total. The Balaban J connectivity index is 1.65. The van der Waals surface area contributed by atoms with E-state index in [1.165, 1.54) is 6.33 Å². The van der Waals surface area contributed by atoms with Gasteiger partial charge in [-0.3, -0.25) is 9.89 Å². The molecular weight excluding hydrogens is 274 g/mol. The van der Waals surface area contributed by atoms with Gasteiger partial charge >= 0.3 is 0 Å². The number of rotatable bonds is 4. The molecule has 2 aromatic heterocycles. The maximum Gasteiger partial charge on any atom is 0.289 e. The molecule has 8 nitrogen and oxygen atoms in total. The first-order chi connectivity index (χ1) is 10.3. The van der Waals surface area contributed by atoms with E-state index in [2.05, 4.69) is 25.5 Å². The number of amides is 1. The standard InChI is InChI=1S/C13H15N5O3/c19-13(12-15-8-16-18-12)17-9-7-20-6-4-10(9)21-11-3-1-2-5-14-11/h1-3,5,8-10H,4,6-7H2,(H,17,19)(H,15,16,18)/t9-,10-/m1/s1. The molecule has 0 unspecified atom stereocenters. The molecule has 0 aromatic carbocycles. The number of ether oxygens (including phenoxy) is 2. The molecule has 1 saturated heterocycles. The van der Waals surface area contributed by atoms with Crippen LogP contribution in [0.5, 0.6) is 5.88 Å². The number of aromatic nitrogens is 4. The lowest BCUT2D eigenvalue weighted by molar-refractivity contribution is -0.00461. The van der Waals surface area contributed by atoms with Crippen LogP contribution in [0, 0.1) is 0 Å². The number of hydrogen-bond donors (Lipinski definition) is 2. The monoisotopic (exact) mass is 289 g/mol. The summed E-state index contributed by atoms with van der Waals surface area (Å²) in [4.78, 5) is 20.0. The number of hydrogen-bond acceptors (Lipinski definition) is 6. The average Bonchev–Trinajstić information content (AvgIpc) is 3.05. The zero-order valence-corrected chi connectivity index (χ0v) is 11.2. The summed E-state index contributed by atoms with van der Waals surface area (Å²) in [6.07, 6.45) is 3.43. The van der Waals surface area contributed by atoms with E-state index in [4.69, 9.17) is 9.47 Å². The van der Waals surface area contributed by atoms with Crippen LogP contribution in [0.4, 0.5) is 0 Å². The highest BCUT2D eigenvalue weighted by molar-refractivity contribution is 5.90. The molecule has 1 amide bonds. The van der Waals surface area contributed by atoms with Crippen molar-refractivity contribution in [3.8, 4) is 5.88 Å². The van der Waals surface area contributed by atoms with E-state index in [1.807, 2.05) is 12.1 Å². The van der Waals surface area contributed by atoms with Crippen molar-refractivity contribution in [2.75, 3.05) is 13.2 Å². The zero-order chi connectivity index (χ0) is 14.5. The minimum Gasteiger partial charge on any atom is -0.472 e. The zero-order valence-electron chi connectivity index (χ0n) is 11.2. The topological polar surface area (TPSA) is 102 Å². The van der Waals surface area contributed by atoms with Crippen LogP contribution in [-0.4, -0.2) is 51.4 Å². The van der Waals surface area contributed by atoms with Crippen molar-refractivity contribution in [2.45, 2.75) is 18.6 Å². The largest absolute Gasteiger partial charge is 0.472 e. The molecule has 8 heteroatoms. The van der Waals surface area contributed by atoms with Crippen LogP contribution in [0.1, 0.15) is 17.0 Å². The Morgan fingerprint density at radius 2 is 2.38 bits per heavy atom. The fourth-order valence-corrected chi connectivity index (χ4v) is 2.12. The van der Waals surface area contributed by atoms with E-state index in [-0.39, 0.29) is 23.9 Å². The van der Waals surface area contributed by atoms with E-state index in [9.17, 15) is 4.79 Å². The normalized spacial score (nSPS) is 21.7. The minimum atomic E-state index is -0.336. The Morgan fingerprint density at radius 3 is 3.14 bits per heavy atom. The van der Waals surface area contributed by atoms with Gasteiger partial charge in [-0.2, -0.15) is 5.10 Å². The molecule has 0 radical (unpaired) electrons. The van der Waals surface area contributed by atoms with Crippen molar-refractivity contribution >= 4 is 5.91 Å². The highest BCUT2D eigenvalue weighted by atomic mass is 16.5. The van der Waals surface area contributed by atoms with E-state index in [0.717, 1.165) is 0 Å². The molecule has 0 saturated carbocycles. The molecule has 3 heterocycles. The lowest BCUT2D eigenvalue weighted by atomic mass is 10.1. The van der Waals surface area contributed by atoms with E-state index >= 15 is 0 Å². The predicted octanol–water partition coefficient (Wildman–Crippen LogP) is 0.166. The van der Waals surface area contributed by atoms with Crippen LogP contribution in [0.15, 0.2) is 30.7 Å². The van der Waals surface area contributed by atoms with Gasteiger partial charge in [-0.25, -0.2) is 9.97 Å². The van der Waals surface area contributed by atoms with Crippen LogP contribution in [0.25, 0.3) is 0 Å². The van der Waals surface area contributed by atoms with Crippen LogP contribution in [0.2, 0.25) is 0 Å². The first-order valence-electron chi connectivity index (χ1n) is 6.64. The lowest BCUT2D eigenvalue weighted by Gasteiger charge is -2.31. The Labute approximate surface area is 120 Å². The van der Waals surface area contributed by atoms with Gasteiger partial charge in [0, 0.05) is 18.7 Å². The third kappa shape index (κ3) is 3.34. The molecule has 0 spiro atoms. The second kappa shape index (κ2) is 6.31. The Hall–Kier alpha value is -2.48. The summed E-state index contributed by atoms with van der Waals surface area (Å²) >= 11 is 0. The maximum absolute atomic E-state index is 12.0. The summed E-state index contributed by atoms with van der Waals surface area (Å²) in [5.74, 6) is 0.359. The summed E-state index contributed by atoms with van der Waals surface area (Å²) in [5.41, 5.74) is 0. The summed E-state index contributed by atoms with van der Waals surface area (Å²) < 4.78 is 11.2. The third-order valence-electron chi connectivity index (χ3n) is 3.15. The van der Waals surface area contributed by atoms with Gasteiger partial charge in [0.25, 0.3) is 5.91 Å². The van der Waals surface area contributed by atoms with Crippen LogP contribution in [-0.2, 0) is 4.74 Å². The average molecular weight is 289 g/mol. The highest BCUT2D eigenvalue weighted by Crippen LogP contribution is 2.16. The van der Waals surface area contributed by atoms with Gasteiger partial charge in [-0.15, -0.1) is 0 Å². The first-order valence-corrected chi connectivity index (χ1v) is 6.64. The highest BCUT2D eigenvalue weighted by Gasteiger charge is 2.30. The molecule has 110 valence electrons. The number of nitrogens with one attached hydrogen (secondary N) is 2. The minimum absolute atomic E-state index is 0.164. The second-order valence-corrected chi connectivity index (χ2v) is 4.60. The molecule has 2 aromatic rings. The number of H-pyrrole nitrogens is 1. The fraction of sp³-hybridized carbons (Fsp3) is 0.385. The Morgan fingerprint density at radius 1 is 1.43 bits per heavy atom. The smallest absolute Gasteiger partial charge is 0.289 e. The van der Waals surface area contributed by atoms with Gasteiger partial charge in [0.15, 0.2) is 0 Å². The summed E-state index contributed by atoms with van der Waals surface area (Å²) in [6, 6.07) is 5.19. The van der Waals surface area contributed by atoms with E-state index in [1.54, 1.807) is 12.3 Å². The molecule has 0 bridgehead atoms. The Kier molecular flexibility index (Phi) is 4.06. The van der Waals surface area contributed by atoms with Crippen molar-refractivity contribution in [3.63, 3.8) is 0 Å². The number of carbonyl (C=O) groups is 1. The maximum atomic E-state index is 12.0. The van der Waals surface area contributed by atoms with Crippen LogP contribution < -0.4 is 10.1 Å². The second-order valence-electron chi connectivity index (χ2n) is 4.60. The summed E-state index contributed by atoms with van der Waals surface area (Å²) in [6.45, 7) is 0.976. The van der Waals surface area contributed by atoms with Crippen molar-refractivity contribution in [2.24, 2.45) is 0 Å². The molecule has 1 aliphatic rings. The van der Waals surface area contributed by atoms with Crippen molar-refractivity contribution < 1.29 is 14.3 Å². The summed E-state index contributed by atoms with van der Waals surface area (Å²) in [5, 5.41) is 9.02. The molecule has 2 atom stereocenters. The third-order valence-corrected chi connectivity index (χ3v) is 3.15. The number of aromatic amines is 1. The fourth-order valence-electron chi connectivity index (χ4n) is 2.12. The Bertz CT molecular complexity index is 575. The van der Waals surface area contributed by atoms with Crippen molar-refractivity contribution in [1.29, 1.82) is 0 Å². The van der Waals surface area contributed by atoms with Crippen LogP contribution >= 0.6 is 0 Å². The van der Waals surface area contributed by atoms with Gasteiger partial charge in [-0.1, -0.05) is 6.07 Å². The number of nitrogens with zero attached hydrogens (tertiary/aromatic N) is 3. The first kappa shape index (κ1) is 13.5. The predicted molar refractivity (Wildman–Crippen MR) is 71.7 cm³/mol. The molecule has 0 aliphatic carbocycles. The molecule has 1 aliphatic heterocycles. The quantitative estimate of drug-likeness (QED) is 0.831. The lowest BCUT2D eigenvalue weighted by Crippen LogP contribution is -2.52. The van der Waals surface area contributed by atoms with E-state index in [0.29, 0.717) is 25.5 Å². The van der Waals surface area contributed by atoms with Gasteiger partial charge in [-0.05, 0) is 6.07 Å². The molecule has 21 heavy (non-hydrogen) atoms. The van der Waals surface area contributed by atoms with Crippen LogP contribution in [0.3, 0.4) is 0 Å². The van der Waals surface area contributed by atoms with E-state index < -0.39 is 0 Å². The van der Waals surface area contributed by atoms with Gasteiger partial charge in [0.05, 0.1) is 19.3 Å². The number of pyridine rings is 1. The van der Waals surface area contributed by atoms with Gasteiger partial charge in [0.2, 0.25) is 11.7 Å². The van der Waals surface area contributed by atoms with Gasteiger partial charge < -0.3 is 14.8 Å². The van der Waals surface area contributed by atoms with Crippen molar-refractivity contribution in [3.05, 3.63) is 36.5 Å². The molecule has 1 fully saturated rings. The SMILES string of the molecule is O=C(N[C@@H]1COCC[C@H]1Oc1ccccn1)c1ncn[nH]1. The van der Waals surface area contributed by atoms with Gasteiger partial charge in [0.1, 0.15) is 12.4 Å². The number of carbonyl (C=O) groups excluding carboxylic acids is 1.